The van der Waals surface area contributed by atoms with Crippen molar-refractivity contribution in [2.45, 2.75) is 418 Å². The topological polar surface area (TPSA) is 108 Å². The molecular weight excluding hydrogens is 1040 g/mol. The molecule has 0 aliphatic heterocycles. The SMILES string of the molecule is CCCCCCCCCC/C=C\CCCCCCCCCCCCCCCCCCCCCCCCCC(=O)NC(COP(=O)([O-])OCC[N+](C)(C)C)C(O)CCCCCCCCCCCCCCCCCCCCCCCCCCCC. The molecule has 0 radical (unpaired) electrons. The number of quaternary nitrogens is 1. The zero-order valence-corrected chi connectivity index (χ0v) is 57.8. The predicted molar refractivity (Wildman–Crippen MR) is 362 cm³/mol. The van der Waals surface area contributed by atoms with Crippen molar-refractivity contribution in [1.82, 2.24) is 5.32 Å². The number of hydrogen-bond acceptors (Lipinski definition) is 6. The van der Waals surface area contributed by atoms with Gasteiger partial charge in [-0.25, -0.2) is 0 Å². The second-order valence-corrected chi connectivity index (χ2v) is 28.8. The highest BCUT2D eigenvalue weighted by Gasteiger charge is 2.24. The summed E-state index contributed by atoms with van der Waals surface area (Å²) in [7, 11) is 1.33. The molecule has 9 heteroatoms. The third kappa shape index (κ3) is 68.6. The van der Waals surface area contributed by atoms with Gasteiger partial charge in [0.25, 0.3) is 7.82 Å². The van der Waals surface area contributed by atoms with E-state index in [0.717, 1.165) is 38.5 Å². The van der Waals surface area contributed by atoms with Crippen LogP contribution in [0.15, 0.2) is 12.2 Å². The van der Waals surface area contributed by atoms with Gasteiger partial charge in [-0.3, -0.25) is 9.36 Å². The number of carbonyl (C=O) groups is 1. The number of phosphoric acid groups is 1. The zero-order chi connectivity index (χ0) is 60.5. The molecule has 1 amide bonds. The van der Waals surface area contributed by atoms with Crippen LogP contribution in [-0.4, -0.2) is 68.5 Å². The molecule has 2 N–H and O–H groups in total. The third-order valence-corrected chi connectivity index (χ3v) is 18.7. The normalized spacial score (nSPS) is 13.6. The summed E-state index contributed by atoms with van der Waals surface area (Å²) in [6, 6.07) is -0.798. The van der Waals surface area contributed by atoms with Crippen LogP contribution in [0.2, 0.25) is 0 Å². The number of carbonyl (C=O) groups excluding carboxylic acids is 1. The fourth-order valence-electron chi connectivity index (χ4n) is 11.9. The van der Waals surface area contributed by atoms with Crippen LogP contribution >= 0.6 is 7.82 Å². The number of likely N-dealkylation sites (N-methyl/N-ethyl adjacent to an activating group) is 1. The Bertz CT molecular complexity index is 1360. The molecular formula is C74H149N2O6P. The van der Waals surface area contributed by atoms with Gasteiger partial charge in [-0.05, 0) is 38.5 Å². The van der Waals surface area contributed by atoms with E-state index in [-0.39, 0.29) is 19.1 Å². The van der Waals surface area contributed by atoms with Crippen molar-refractivity contribution in [3.8, 4) is 0 Å². The minimum atomic E-state index is -4.58. The van der Waals surface area contributed by atoms with Crippen LogP contribution in [0.25, 0.3) is 0 Å². The number of aliphatic hydroxyl groups excluding tert-OH is 1. The number of rotatable bonds is 71. The minimum Gasteiger partial charge on any atom is -0.756 e. The van der Waals surface area contributed by atoms with E-state index >= 15 is 0 Å². The lowest BCUT2D eigenvalue weighted by Crippen LogP contribution is -2.46. The minimum absolute atomic E-state index is 0.0162. The molecule has 0 aliphatic rings. The van der Waals surface area contributed by atoms with Crippen molar-refractivity contribution in [2.75, 3.05) is 40.9 Å². The van der Waals surface area contributed by atoms with Crippen molar-refractivity contribution in [1.29, 1.82) is 0 Å². The van der Waals surface area contributed by atoms with E-state index in [0.29, 0.717) is 23.9 Å². The fourth-order valence-corrected chi connectivity index (χ4v) is 12.6. The Morgan fingerprint density at radius 3 is 0.940 bits per heavy atom. The monoisotopic (exact) mass is 1190 g/mol. The molecule has 0 aromatic carbocycles. The zero-order valence-electron chi connectivity index (χ0n) is 56.9. The molecule has 0 aromatic heterocycles. The highest BCUT2D eigenvalue weighted by Crippen LogP contribution is 2.38. The highest BCUT2D eigenvalue weighted by molar-refractivity contribution is 7.45. The van der Waals surface area contributed by atoms with Crippen LogP contribution in [-0.2, 0) is 18.4 Å². The Balaban J connectivity index is 3.93. The largest absolute Gasteiger partial charge is 0.756 e. The Hall–Kier alpha value is -0.760. The molecule has 0 aromatic rings. The van der Waals surface area contributed by atoms with Crippen molar-refractivity contribution in [3.63, 3.8) is 0 Å². The summed E-state index contributed by atoms with van der Waals surface area (Å²) in [6.07, 6.45) is 84.6. The number of phosphoric ester groups is 1. The number of unbranched alkanes of at least 4 members (excludes halogenated alkanes) is 56. The smallest absolute Gasteiger partial charge is 0.268 e. The maximum absolute atomic E-state index is 13.1. The fraction of sp³-hybridized carbons (Fsp3) is 0.959. The second-order valence-electron chi connectivity index (χ2n) is 27.4. The van der Waals surface area contributed by atoms with Crippen molar-refractivity contribution in [3.05, 3.63) is 12.2 Å². The average molecular weight is 1190 g/mol. The van der Waals surface area contributed by atoms with Crippen molar-refractivity contribution in [2.24, 2.45) is 0 Å². The lowest BCUT2D eigenvalue weighted by molar-refractivity contribution is -0.870. The number of aliphatic hydroxyl groups is 1. The van der Waals surface area contributed by atoms with Crippen LogP contribution in [0.5, 0.6) is 0 Å². The van der Waals surface area contributed by atoms with Gasteiger partial charge in [0, 0.05) is 6.42 Å². The van der Waals surface area contributed by atoms with E-state index in [1.54, 1.807) is 0 Å². The molecule has 496 valence electrons. The molecule has 83 heavy (non-hydrogen) atoms. The Morgan fingerprint density at radius 2 is 0.663 bits per heavy atom. The molecule has 0 bridgehead atoms. The van der Waals surface area contributed by atoms with Crippen molar-refractivity contribution < 1.29 is 32.9 Å². The summed E-state index contributed by atoms with van der Waals surface area (Å²) in [5.74, 6) is -0.154. The van der Waals surface area contributed by atoms with E-state index in [4.69, 9.17) is 9.05 Å². The van der Waals surface area contributed by atoms with Gasteiger partial charge in [-0.15, -0.1) is 0 Å². The summed E-state index contributed by atoms with van der Waals surface area (Å²) < 4.78 is 23.6. The summed E-state index contributed by atoms with van der Waals surface area (Å²) in [5.41, 5.74) is 0. The van der Waals surface area contributed by atoms with Gasteiger partial charge < -0.3 is 28.8 Å². The van der Waals surface area contributed by atoms with Crippen LogP contribution in [0.4, 0.5) is 0 Å². The molecule has 3 atom stereocenters. The summed E-state index contributed by atoms with van der Waals surface area (Å²) in [4.78, 5) is 25.7. The maximum Gasteiger partial charge on any atom is 0.268 e. The first-order valence-electron chi connectivity index (χ1n) is 37.5. The van der Waals surface area contributed by atoms with Crippen LogP contribution in [0.1, 0.15) is 406 Å². The Kier molecular flexibility index (Phi) is 65.1. The van der Waals surface area contributed by atoms with Gasteiger partial charge in [0.05, 0.1) is 39.9 Å². The molecule has 0 heterocycles. The first-order chi connectivity index (χ1) is 40.5. The lowest BCUT2D eigenvalue weighted by Gasteiger charge is -2.30. The highest BCUT2D eigenvalue weighted by atomic mass is 31.2. The Morgan fingerprint density at radius 1 is 0.410 bits per heavy atom. The Labute approximate surface area is 520 Å². The molecule has 3 unspecified atom stereocenters. The van der Waals surface area contributed by atoms with E-state index in [9.17, 15) is 19.4 Å². The average Bonchev–Trinajstić information content (AvgIpc) is 3.49. The van der Waals surface area contributed by atoms with Gasteiger partial charge in [-0.1, -0.05) is 373 Å². The van der Waals surface area contributed by atoms with Gasteiger partial charge in [-0.2, -0.15) is 0 Å². The number of nitrogens with zero attached hydrogens (tertiary/aromatic N) is 1. The predicted octanol–water partition coefficient (Wildman–Crippen LogP) is 23.4. The van der Waals surface area contributed by atoms with E-state index < -0.39 is 20.0 Å². The number of nitrogens with one attached hydrogen (secondary N) is 1. The molecule has 0 saturated carbocycles. The van der Waals surface area contributed by atoms with E-state index in [1.165, 1.54) is 340 Å². The number of amides is 1. The standard InChI is InChI=1S/C74H149N2O6P/c1-6-8-10-12-14-16-18-20-22-24-26-28-30-32-34-35-36-37-38-39-40-41-42-44-46-48-50-52-54-56-58-60-62-64-66-68-74(78)75-72(71-82-83(79,80)81-70-69-76(3,4)5)73(77)67-65-63-61-59-57-55-53-51-49-47-45-43-33-31-29-27-25-23-21-19-17-15-13-11-9-7-2/h24,26,72-73,77H,6-23,25,27-71H2,1-5H3,(H-,75,78,79,80)/b26-24-. The molecule has 0 rings (SSSR count). The molecule has 0 fully saturated rings. The molecule has 0 aliphatic carbocycles. The lowest BCUT2D eigenvalue weighted by atomic mass is 10.0. The van der Waals surface area contributed by atoms with E-state index in [2.05, 4.69) is 31.3 Å². The first kappa shape index (κ1) is 82.2. The number of allylic oxidation sites excluding steroid dienone is 2. The van der Waals surface area contributed by atoms with Gasteiger partial charge >= 0.3 is 0 Å². The van der Waals surface area contributed by atoms with Crippen molar-refractivity contribution >= 4 is 13.7 Å². The van der Waals surface area contributed by atoms with Gasteiger partial charge in [0.1, 0.15) is 13.2 Å². The van der Waals surface area contributed by atoms with Crippen LogP contribution in [0, 0.1) is 0 Å². The quantitative estimate of drug-likeness (QED) is 0.0272. The molecule has 0 spiro atoms. The first-order valence-corrected chi connectivity index (χ1v) is 39.0. The summed E-state index contributed by atoms with van der Waals surface area (Å²) in [5, 5.41) is 14.1. The van der Waals surface area contributed by atoms with Gasteiger partial charge in [0.2, 0.25) is 5.91 Å². The van der Waals surface area contributed by atoms with Crippen LogP contribution < -0.4 is 10.2 Å². The summed E-state index contributed by atoms with van der Waals surface area (Å²) >= 11 is 0. The maximum atomic E-state index is 13.1. The molecule has 0 saturated heterocycles. The third-order valence-electron chi connectivity index (χ3n) is 17.8. The second kappa shape index (κ2) is 65.7. The summed E-state index contributed by atoms with van der Waals surface area (Å²) in [6.45, 7) is 4.80. The number of hydrogen-bond donors (Lipinski definition) is 2. The molecule has 8 nitrogen and oxygen atoms in total. The van der Waals surface area contributed by atoms with E-state index in [1.807, 2.05) is 21.1 Å². The van der Waals surface area contributed by atoms with Gasteiger partial charge in [0.15, 0.2) is 0 Å². The van der Waals surface area contributed by atoms with Crippen LogP contribution in [0.3, 0.4) is 0 Å².